The lowest BCUT2D eigenvalue weighted by Gasteiger charge is -2.31. The molecule has 1 aromatic rings. The summed E-state index contributed by atoms with van der Waals surface area (Å²) in [5.41, 5.74) is 1.41. The van der Waals surface area contributed by atoms with Crippen LogP contribution in [0.5, 0.6) is 0 Å². The number of hydrogen-bond donors (Lipinski definition) is 1. The fraction of sp³-hybridized carbons (Fsp3) is 0.688. The SMILES string of the molecule is Cn1nc(C(C)(C)C)cc1C(=O)N1CCC(CC(=O)O)CC1. The molecule has 1 aromatic heterocycles. The maximum Gasteiger partial charge on any atom is 0.303 e. The van der Waals surface area contributed by atoms with E-state index in [4.69, 9.17) is 5.11 Å². The van der Waals surface area contributed by atoms with E-state index in [-0.39, 0.29) is 23.7 Å². The zero-order chi connectivity index (χ0) is 16.5. The van der Waals surface area contributed by atoms with Gasteiger partial charge in [0, 0.05) is 32.0 Å². The van der Waals surface area contributed by atoms with Crippen LogP contribution < -0.4 is 0 Å². The minimum Gasteiger partial charge on any atom is -0.481 e. The highest BCUT2D eigenvalue weighted by molar-refractivity contribution is 5.92. The molecule has 0 unspecified atom stereocenters. The first-order chi connectivity index (χ1) is 10.2. The van der Waals surface area contributed by atoms with E-state index in [9.17, 15) is 9.59 Å². The second-order valence-corrected chi connectivity index (χ2v) is 7.12. The molecule has 6 nitrogen and oxygen atoms in total. The van der Waals surface area contributed by atoms with Gasteiger partial charge in [0.05, 0.1) is 5.69 Å². The lowest BCUT2D eigenvalue weighted by atomic mass is 9.92. The van der Waals surface area contributed by atoms with Crippen molar-refractivity contribution in [3.05, 3.63) is 17.5 Å². The largest absolute Gasteiger partial charge is 0.481 e. The number of carboxylic acids is 1. The van der Waals surface area contributed by atoms with Gasteiger partial charge in [-0.1, -0.05) is 20.8 Å². The van der Waals surface area contributed by atoms with Gasteiger partial charge in [-0.2, -0.15) is 5.10 Å². The Morgan fingerprint density at radius 1 is 1.32 bits per heavy atom. The van der Waals surface area contributed by atoms with E-state index in [1.807, 2.05) is 11.0 Å². The molecular weight excluding hydrogens is 282 g/mol. The molecule has 1 fully saturated rings. The van der Waals surface area contributed by atoms with Crippen molar-refractivity contribution in [2.75, 3.05) is 13.1 Å². The molecular formula is C16H25N3O3. The van der Waals surface area contributed by atoms with Crippen LogP contribution in [0.2, 0.25) is 0 Å². The number of carbonyl (C=O) groups excluding carboxylic acids is 1. The van der Waals surface area contributed by atoms with E-state index in [2.05, 4.69) is 25.9 Å². The average Bonchev–Trinajstić information content (AvgIpc) is 2.80. The van der Waals surface area contributed by atoms with E-state index in [0.29, 0.717) is 18.8 Å². The minimum atomic E-state index is -0.758. The number of carbonyl (C=O) groups is 2. The van der Waals surface area contributed by atoms with Crippen LogP contribution in [-0.2, 0) is 17.3 Å². The summed E-state index contributed by atoms with van der Waals surface area (Å²) in [5.74, 6) is -0.594. The zero-order valence-electron chi connectivity index (χ0n) is 13.8. The Kier molecular flexibility index (Phi) is 4.58. The summed E-state index contributed by atoms with van der Waals surface area (Å²) in [5, 5.41) is 13.3. The summed E-state index contributed by atoms with van der Waals surface area (Å²) >= 11 is 0. The van der Waals surface area contributed by atoms with Crippen molar-refractivity contribution in [1.82, 2.24) is 14.7 Å². The summed E-state index contributed by atoms with van der Waals surface area (Å²) in [4.78, 5) is 25.2. The molecule has 2 heterocycles. The van der Waals surface area contributed by atoms with Gasteiger partial charge in [0.15, 0.2) is 0 Å². The second-order valence-electron chi connectivity index (χ2n) is 7.12. The normalized spacial score (nSPS) is 16.8. The molecule has 0 atom stereocenters. The first kappa shape index (κ1) is 16.5. The summed E-state index contributed by atoms with van der Waals surface area (Å²) in [7, 11) is 1.79. The van der Waals surface area contributed by atoms with Crippen LogP contribution >= 0.6 is 0 Å². The Hall–Kier alpha value is -1.85. The van der Waals surface area contributed by atoms with Gasteiger partial charge in [-0.05, 0) is 24.8 Å². The molecule has 1 aliphatic rings. The maximum atomic E-state index is 12.6. The van der Waals surface area contributed by atoms with Gasteiger partial charge < -0.3 is 10.0 Å². The topological polar surface area (TPSA) is 75.4 Å². The molecule has 0 aromatic carbocycles. The molecule has 0 aliphatic carbocycles. The summed E-state index contributed by atoms with van der Waals surface area (Å²) in [6.45, 7) is 7.45. The number of likely N-dealkylation sites (tertiary alicyclic amines) is 1. The molecule has 0 bridgehead atoms. The number of aliphatic carboxylic acids is 1. The first-order valence-corrected chi connectivity index (χ1v) is 7.74. The summed E-state index contributed by atoms with van der Waals surface area (Å²) < 4.78 is 1.65. The van der Waals surface area contributed by atoms with Gasteiger partial charge in [-0.3, -0.25) is 14.3 Å². The molecule has 1 saturated heterocycles. The number of carboxylic acid groups (broad SMARTS) is 1. The molecule has 0 saturated carbocycles. The van der Waals surface area contributed by atoms with Crippen LogP contribution in [0.25, 0.3) is 0 Å². The van der Waals surface area contributed by atoms with Crippen LogP contribution in [0, 0.1) is 5.92 Å². The van der Waals surface area contributed by atoms with Crippen molar-refractivity contribution in [1.29, 1.82) is 0 Å². The molecule has 122 valence electrons. The molecule has 0 spiro atoms. The van der Waals surface area contributed by atoms with E-state index in [0.717, 1.165) is 18.5 Å². The number of aryl methyl sites for hydroxylation is 1. The van der Waals surface area contributed by atoms with Gasteiger partial charge in [0.2, 0.25) is 0 Å². The highest BCUT2D eigenvalue weighted by Crippen LogP contribution is 2.24. The van der Waals surface area contributed by atoms with E-state index in [1.165, 1.54) is 0 Å². The fourth-order valence-corrected chi connectivity index (χ4v) is 2.78. The van der Waals surface area contributed by atoms with Crippen LogP contribution in [0.3, 0.4) is 0 Å². The first-order valence-electron chi connectivity index (χ1n) is 7.74. The van der Waals surface area contributed by atoms with Gasteiger partial charge in [-0.15, -0.1) is 0 Å². The predicted octanol–water partition coefficient (Wildman–Crippen LogP) is 2.04. The predicted molar refractivity (Wildman–Crippen MR) is 82.8 cm³/mol. The number of piperidine rings is 1. The Morgan fingerprint density at radius 2 is 1.91 bits per heavy atom. The Bertz CT molecular complexity index is 564. The Balaban J connectivity index is 2.04. The quantitative estimate of drug-likeness (QED) is 0.927. The van der Waals surface area contributed by atoms with Gasteiger partial charge in [0.25, 0.3) is 5.91 Å². The van der Waals surface area contributed by atoms with E-state index >= 15 is 0 Å². The van der Waals surface area contributed by atoms with Gasteiger partial charge in [0.1, 0.15) is 5.69 Å². The number of aromatic nitrogens is 2. The average molecular weight is 307 g/mol. The molecule has 6 heteroatoms. The number of rotatable bonds is 3. The van der Waals surface area contributed by atoms with Crippen LogP contribution in [0.15, 0.2) is 6.07 Å². The lowest BCUT2D eigenvalue weighted by molar-refractivity contribution is -0.138. The lowest BCUT2D eigenvalue weighted by Crippen LogP contribution is -2.39. The third-order valence-corrected chi connectivity index (χ3v) is 4.23. The Morgan fingerprint density at radius 3 is 2.36 bits per heavy atom. The number of nitrogens with zero attached hydrogens (tertiary/aromatic N) is 3. The standard InChI is InChI=1S/C16H25N3O3/c1-16(2,3)13-10-12(18(4)17-13)15(22)19-7-5-11(6-8-19)9-14(20)21/h10-11H,5-9H2,1-4H3,(H,20,21). The number of hydrogen-bond acceptors (Lipinski definition) is 3. The molecule has 2 rings (SSSR count). The highest BCUT2D eigenvalue weighted by atomic mass is 16.4. The minimum absolute atomic E-state index is 0.0146. The molecule has 1 N–H and O–H groups in total. The van der Waals surface area contributed by atoms with Crippen molar-refractivity contribution in [2.45, 2.75) is 45.4 Å². The Labute approximate surface area is 131 Å². The van der Waals surface area contributed by atoms with Crippen molar-refractivity contribution >= 4 is 11.9 Å². The van der Waals surface area contributed by atoms with Crippen molar-refractivity contribution in [3.8, 4) is 0 Å². The van der Waals surface area contributed by atoms with E-state index < -0.39 is 5.97 Å². The summed E-state index contributed by atoms with van der Waals surface area (Å²) in [6, 6.07) is 1.87. The van der Waals surface area contributed by atoms with Crippen LogP contribution in [-0.4, -0.2) is 44.8 Å². The third-order valence-electron chi connectivity index (χ3n) is 4.23. The zero-order valence-corrected chi connectivity index (χ0v) is 13.8. The summed E-state index contributed by atoms with van der Waals surface area (Å²) in [6.07, 6.45) is 1.70. The highest BCUT2D eigenvalue weighted by Gasteiger charge is 2.28. The van der Waals surface area contributed by atoms with Crippen LogP contribution in [0.4, 0.5) is 0 Å². The number of amides is 1. The monoisotopic (exact) mass is 307 g/mol. The second kappa shape index (κ2) is 6.10. The molecule has 1 amide bonds. The maximum absolute atomic E-state index is 12.6. The molecule has 22 heavy (non-hydrogen) atoms. The third kappa shape index (κ3) is 3.67. The van der Waals surface area contributed by atoms with E-state index in [1.54, 1.807) is 11.7 Å². The van der Waals surface area contributed by atoms with Crippen molar-refractivity contribution < 1.29 is 14.7 Å². The van der Waals surface area contributed by atoms with Crippen molar-refractivity contribution in [2.24, 2.45) is 13.0 Å². The van der Waals surface area contributed by atoms with Gasteiger partial charge in [-0.25, -0.2) is 0 Å². The fourth-order valence-electron chi connectivity index (χ4n) is 2.78. The van der Waals surface area contributed by atoms with Crippen molar-refractivity contribution in [3.63, 3.8) is 0 Å². The molecule has 1 aliphatic heterocycles. The molecule has 0 radical (unpaired) electrons. The smallest absolute Gasteiger partial charge is 0.303 e. The van der Waals surface area contributed by atoms with Gasteiger partial charge >= 0.3 is 5.97 Å². The van der Waals surface area contributed by atoms with Crippen LogP contribution in [0.1, 0.15) is 56.2 Å².